The molecule has 1 aromatic carbocycles. The summed E-state index contributed by atoms with van der Waals surface area (Å²) in [6, 6.07) is 9.75. The van der Waals surface area contributed by atoms with Gasteiger partial charge in [-0.25, -0.2) is 4.79 Å². The van der Waals surface area contributed by atoms with E-state index in [1.165, 1.54) is 13.8 Å². The molecule has 0 atom stereocenters. The van der Waals surface area contributed by atoms with Crippen LogP contribution in [0.25, 0.3) is 0 Å². The maximum Gasteiger partial charge on any atom is 0.337 e. The molecule has 0 aliphatic carbocycles. The molecule has 0 spiro atoms. The molecule has 3 heteroatoms. The molecular weight excluding hydrogens is 192 g/mol. The zero-order valence-corrected chi connectivity index (χ0v) is 9.06. The molecule has 1 aromatic rings. The van der Waals surface area contributed by atoms with E-state index in [2.05, 4.69) is 0 Å². The van der Waals surface area contributed by atoms with Crippen molar-refractivity contribution in [2.24, 2.45) is 0 Å². The van der Waals surface area contributed by atoms with Crippen molar-refractivity contribution < 1.29 is 14.6 Å². The van der Waals surface area contributed by atoms with Crippen molar-refractivity contribution in [3.63, 3.8) is 0 Å². The van der Waals surface area contributed by atoms with Crippen molar-refractivity contribution >= 4 is 5.97 Å². The number of esters is 1. The predicted molar refractivity (Wildman–Crippen MR) is 57.4 cm³/mol. The molecule has 0 saturated heterocycles. The highest BCUT2D eigenvalue weighted by atomic mass is 16.5. The van der Waals surface area contributed by atoms with Crippen LogP contribution in [0.3, 0.4) is 0 Å². The quantitative estimate of drug-likeness (QED) is 0.763. The fourth-order valence-electron chi connectivity index (χ4n) is 1.08. The molecular formula is C12H16O3. The van der Waals surface area contributed by atoms with Crippen LogP contribution in [0.5, 0.6) is 0 Å². The second-order valence-corrected chi connectivity index (χ2v) is 3.93. The fourth-order valence-corrected chi connectivity index (χ4v) is 1.08. The summed E-state index contributed by atoms with van der Waals surface area (Å²) in [4.78, 5) is 11.2. The maximum absolute atomic E-state index is 11.2. The highest BCUT2D eigenvalue weighted by molar-refractivity contribution is 5.78. The Kier molecular flexibility index (Phi) is 3.86. The first-order valence-electron chi connectivity index (χ1n) is 4.93. The number of carbonyl (C=O) groups is 1. The van der Waals surface area contributed by atoms with Crippen LogP contribution in [0.15, 0.2) is 30.3 Å². The summed E-state index contributed by atoms with van der Waals surface area (Å²) in [6.07, 6.45) is 0.669. The first-order valence-corrected chi connectivity index (χ1v) is 4.93. The van der Waals surface area contributed by atoms with Gasteiger partial charge in [0.05, 0.1) is 6.61 Å². The van der Waals surface area contributed by atoms with Crippen molar-refractivity contribution in [1.82, 2.24) is 0 Å². The Bertz CT molecular complexity index is 311. The van der Waals surface area contributed by atoms with Gasteiger partial charge in [-0.1, -0.05) is 30.3 Å². The number of rotatable bonds is 4. The molecule has 0 aliphatic rings. The van der Waals surface area contributed by atoms with E-state index in [0.29, 0.717) is 13.0 Å². The number of hydrogen-bond acceptors (Lipinski definition) is 3. The summed E-state index contributed by atoms with van der Waals surface area (Å²) in [6.45, 7) is 3.13. The van der Waals surface area contributed by atoms with Gasteiger partial charge in [-0.15, -0.1) is 0 Å². The van der Waals surface area contributed by atoms with Crippen LogP contribution in [0.2, 0.25) is 0 Å². The van der Waals surface area contributed by atoms with Crippen molar-refractivity contribution in [2.75, 3.05) is 6.61 Å². The van der Waals surface area contributed by atoms with Gasteiger partial charge in [-0.3, -0.25) is 0 Å². The zero-order chi connectivity index (χ0) is 11.3. The van der Waals surface area contributed by atoms with Crippen LogP contribution in [-0.4, -0.2) is 23.3 Å². The van der Waals surface area contributed by atoms with E-state index in [9.17, 15) is 9.90 Å². The standard InChI is InChI=1S/C12H16O3/c1-12(2,14)11(13)15-9-8-10-6-4-3-5-7-10/h3-7,14H,8-9H2,1-2H3. The van der Waals surface area contributed by atoms with Crippen molar-refractivity contribution in [2.45, 2.75) is 25.9 Å². The second kappa shape index (κ2) is 4.94. The number of benzene rings is 1. The van der Waals surface area contributed by atoms with Crippen LogP contribution in [-0.2, 0) is 16.0 Å². The van der Waals surface area contributed by atoms with E-state index >= 15 is 0 Å². The van der Waals surface area contributed by atoms with Gasteiger partial charge >= 0.3 is 5.97 Å². The maximum atomic E-state index is 11.2. The van der Waals surface area contributed by atoms with Gasteiger partial charge in [-0.05, 0) is 19.4 Å². The minimum absolute atomic E-state index is 0.298. The zero-order valence-electron chi connectivity index (χ0n) is 9.06. The molecule has 0 fully saturated rings. The van der Waals surface area contributed by atoms with Gasteiger partial charge in [-0.2, -0.15) is 0 Å². The molecule has 0 radical (unpaired) electrons. The normalized spacial score (nSPS) is 11.1. The number of carbonyl (C=O) groups excluding carboxylic acids is 1. The number of aliphatic hydroxyl groups is 1. The van der Waals surface area contributed by atoms with E-state index in [1.54, 1.807) is 0 Å². The van der Waals surface area contributed by atoms with Gasteiger partial charge in [0, 0.05) is 6.42 Å². The molecule has 3 nitrogen and oxygen atoms in total. The lowest BCUT2D eigenvalue weighted by molar-refractivity contribution is -0.161. The van der Waals surface area contributed by atoms with Crippen LogP contribution < -0.4 is 0 Å². The first-order chi connectivity index (χ1) is 7.00. The Morgan fingerprint density at radius 3 is 2.47 bits per heavy atom. The Labute approximate surface area is 89.7 Å². The predicted octanol–water partition coefficient (Wildman–Crippen LogP) is 1.54. The average molecular weight is 208 g/mol. The second-order valence-electron chi connectivity index (χ2n) is 3.93. The van der Waals surface area contributed by atoms with E-state index < -0.39 is 11.6 Å². The summed E-state index contributed by atoms with van der Waals surface area (Å²) in [5.74, 6) is -0.585. The van der Waals surface area contributed by atoms with Crippen LogP contribution in [0.4, 0.5) is 0 Å². The Morgan fingerprint density at radius 2 is 1.93 bits per heavy atom. The third-order valence-corrected chi connectivity index (χ3v) is 1.97. The molecule has 0 bridgehead atoms. The summed E-state index contributed by atoms with van der Waals surface area (Å²) >= 11 is 0. The van der Waals surface area contributed by atoms with Crippen molar-refractivity contribution in [3.05, 3.63) is 35.9 Å². The summed E-state index contributed by atoms with van der Waals surface area (Å²) < 4.78 is 4.92. The Hall–Kier alpha value is -1.35. The van der Waals surface area contributed by atoms with Crippen molar-refractivity contribution in [1.29, 1.82) is 0 Å². The van der Waals surface area contributed by atoms with Gasteiger partial charge in [0.15, 0.2) is 5.60 Å². The van der Waals surface area contributed by atoms with Gasteiger partial charge in [0.2, 0.25) is 0 Å². The summed E-state index contributed by atoms with van der Waals surface area (Å²) in [5, 5.41) is 9.31. The molecule has 0 aliphatic heterocycles. The summed E-state index contributed by atoms with van der Waals surface area (Å²) in [5.41, 5.74) is -0.294. The van der Waals surface area contributed by atoms with E-state index in [-0.39, 0.29) is 0 Å². The molecule has 0 saturated carbocycles. The molecule has 1 rings (SSSR count). The molecule has 82 valence electrons. The monoisotopic (exact) mass is 208 g/mol. The Morgan fingerprint density at radius 1 is 1.33 bits per heavy atom. The number of ether oxygens (including phenoxy) is 1. The molecule has 0 aromatic heterocycles. The van der Waals surface area contributed by atoms with Crippen molar-refractivity contribution in [3.8, 4) is 0 Å². The van der Waals surface area contributed by atoms with E-state index in [4.69, 9.17) is 4.74 Å². The Balaban J connectivity index is 2.32. The lowest BCUT2D eigenvalue weighted by atomic mass is 10.1. The lowest BCUT2D eigenvalue weighted by Gasteiger charge is -2.15. The molecule has 0 amide bonds. The highest BCUT2D eigenvalue weighted by Gasteiger charge is 2.25. The molecule has 15 heavy (non-hydrogen) atoms. The third kappa shape index (κ3) is 4.13. The average Bonchev–Trinajstić information content (AvgIpc) is 2.18. The van der Waals surface area contributed by atoms with Gasteiger partial charge < -0.3 is 9.84 Å². The minimum Gasteiger partial charge on any atom is -0.463 e. The minimum atomic E-state index is -1.41. The first kappa shape index (κ1) is 11.7. The van der Waals surface area contributed by atoms with Crippen LogP contribution >= 0.6 is 0 Å². The highest BCUT2D eigenvalue weighted by Crippen LogP contribution is 2.05. The van der Waals surface area contributed by atoms with E-state index in [1.807, 2.05) is 30.3 Å². The van der Waals surface area contributed by atoms with Gasteiger partial charge in [0.25, 0.3) is 0 Å². The largest absolute Gasteiger partial charge is 0.463 e. The SMILES string of the molecule is CC(C)(O)C(=O)OCCc1ccccc1. The number of hydrogen-bond donors (Lipinski definition) is 1. The van der Waals surface area contributed by atoms with Gasteiger partial charge in [0.1, 0.15) is 0 Å². The molecule has 0 unspecified atom stereocenters. The van der Waals surface area contributed by atoms with Crippen LogP contribution in [0.1, 0.15) is 19.4 Å². The van der Waals surface area contributed by atoms with E-state index in [0.717, 1.165) is 5.56 Å². The third-order valence-electron chi connectivity index (χ3n) is 1.97. The smallest absolute Gasteiger partial charge is 0.337 e. The molecule has 1 N–H and O–H groups in total. The summed E-state index contributed by atoms with van der Waals surface area (Å²) in [7, 11) is 0. The molecule has 0 heterocycles. The topological polar surface area (TPSA) is 46.5 Å². The lowest BCUT2D eigenvalue weighted by Crippen LogP contribution is -2.33. The fraction of sp³-hybridized carbons (Fsp3) is 0.417. The van der Waals surface area contributed by atoms with Crippen LogP contribution in [0, 0.1) is 0 Å².